The normalized spacial score (nSPS) is 12.4. The Balaban J connectivity index is 1.95. The predicted molar refractivity (Wildman–Crippen MR) is 102 cm³/mol. The molecule has 0 saturated carbocycles. The number of aromatic nitrogens is 3. The zero-order chi connectivity index (χ0) is 18.0. The summed E-state index contributed by atoms with van der Waals surface area (Å²) in [6.07, 6.45) is 2.93. The topological polar surface area (TPSA) is 42.7 Å². The van der Waals surface area contributed by atoms with E-state index in [1.807, 2.05) is 36.0 Å². The third-order valence-corrected chi connectivity index (χ3v) is 4.76. The Bertz CT molecular complexity index is 860. The average molecular weight is 359 g/mol. The quantitative estimate of drug-likeness (QED) is 0.607. The number of methoxy groups -OCH3 is 1. The number of fused-ring (bicyclic) bond motifs is 1. The summed E-state index contributed by atoms with van der Waals surface area (Å²) < 4.78 is 7.09. The van der Waals surface area contributed by atoms with Gasteiger partial charge in [0.05, 0.1) is 13.3 Å². The smallest absolute Gasteiger partial charge is 0.162 e. The van der Waals surface area contributed by atoms with E-state index >= 15 is 0 Å². The molecule has 0 aliphatic rings. The Morgan fingerprint density at radius 2 is 2.00 bits per heavy atom. The highest BCUT2D eigenvalue weighted by atomic mass is 35.5. The number of rotatable bonds is 6. The molecule has 3 aromatic rings. The van der Waals surface area contributed by atoms with Gasteiger partial charge in [0, 0.05) is 25.2 Å². The van der Waals surface area contributed by atoms with E-state index in [0.717, 1.165) is 35.7 Å². The lowest BCUT2D eigenvalue weighted by molar-refractivity contribution is 0.414. The Morgan fingerprint density at radius 3 is 2.64 bits per heavy atom. The lowest BCUT2D eigenvalue weighted by atomic mass is 10.0. The fourth-order valence-corrected chi connectivity index (χ4v) is 3.04. The van der Waals surface area contributed by atoms with Crippen molar-refractivity contribution in [3.05, 3.63) is 52.8 Å². The molecule has 0 N–H and O–H groups in total. The van der Waals surface area contributed by atoms with Crippen molar-refractivity contribution in [1.82, 2.24) is 14.6 Å². The molecular formula is C19H23ClN4O. The van der Waals surface area contributed by atoms with E-state index in [1.54, 1.807) is 7.11 Å². The summed E-state index contributed by atoms with van der Waals surface area (Å²) in [6, 6.07) is 9.90. The second-order valence-corrected chi connectivity index (χ2v) is 6.67. The summed E-state index contributed by atoms with van der Waals surface area (Å²) in [5.74, 6) is 2.16. The molecule has 6 heteroatoms. The van der Waals surface area contributed by atoms with Crippen LogP contribution in [0.1, 0.15) is 37.3 Å². The average Bonchev–Trinajstić information content (AvgIpc) is 3.04. The Morgan fingerprint density at radius 1 is 1.28 bits per heavy atom. The van der Waals surface area contributed by atoms with Gasteiger partial charge < -0.3 is 9.64 Å². The molecule has 1 unspecified atom stereocenters. The number of hydrogen-bond donors (Lipinski definition) is 0. The summed E-state index contributed by atoms with van der Waals surface area (Å²) in [5, 5.41) is 5.03. The number of benzene rings is 1. The van der Waals surface area contributed by atoms with Crippen molar-refractivity contribution in [3.63, 3.8) is 0 Å². The van der Waals surface area contributed by atoms with Gasteiger partial charge in [-0.05, 0) is 30.0 Å². The molecule has 2 aromatic heterocycles. The summed E-state index contributed by atoms with van der Waals surface area (Å²) in [4.78, 5) is 6.62. The van der Waals surface area contributed by atoms with Gasteiger partial charge in [0.2, 0.25) is 0 Å². The maximum absolute atomic E-state index is 6.29. The highest BCUT2D eigenvalue weighted by Gasteiger charge is 2.17. The number of hydrogen-bond acceptors (Lipinski definition) is 4. The minimum atomic E-state index is 0.392. The van der Waals surface area contributed by atoms with Crippen LogP contribution in [-0.2, 0) is 6.54 Å². The first-order chi connectivity index (χ1) is 12.0. The van der Waals surface area contributed by atoms with Gasteiger partial charge in [-0.1, -0.05) is 37.6 Å². The van der Waals surface area contributed by atoms with Crippen molar-refractivity contribution in [2.75, 3.05) is 19.1 Å². The van der Waals surface area contributed by atoms with E-state index in [-0.39, 0.29) is 0 Å². The van der Waals surface area contributed by atoms with Gasteiger partial charge in [0.15, 0.2) is 5.65 Å². The first-order valence-corrected chi connectivity index (χ1v) is 8.79. The van der Waals surface area contributed by atoms with Crippen LogP contribution in [0.3, 0.4) is 0 Å². The third kappa shape index (κ3) is 3.56. The molecule has 0 radical (unpaired) electrons. The number of halogens is 1. The second-order valence-electron chi connectivity index (χ2n) is 6.29. The van der Waals surface area contributed by atoms with Crippen LogP contribution in [0, 0.1) is 0 Å². The van der Waals surface area contributed by atoms with Crippen LogP contribution in [-0.4, -0.2) is 28.8 Å². The minimum Gasteiger partial charge on any atom is -0.497 e. The molecule has 0 spiro atoms. The Kier molecular flexibility index (Phi) is 5.13. The molecule has 0 amide bonds. The first kappa shape index (κ1) is 17.5. The monoisotopic (exact) mass is 358 g/mol. The van der Waals surface area contributed by atoms with E-state index < -0.39 is 0 Å². The van der Waals surface area contributed by atoms with E-state index in [4.69, 9.17) is 16.3 Å². The summed E-state index contributed by atoms with van der Waals surface area (Å²) in [6.45, 7) is 5.08. The van der Waals surface area contributed by atoms with Gasteiger partial charge in [0.1, 0.15) is 16.7 Å². The molecule has 0 aliphatic heterocycles. The summed E-state index contributed by atoms with van der Waals surface area (Å²) >= 11 is 6.29. The fourth-order valence-electron chi connectivity index (χ4n) is 2.86. The molecule has 1 aromatic carbocycles. The predicted octanol–water partition coefficient (Wildman–Crippen LogP) is 4.54. The molecular weight excluding hydrogens is 336 g/mol. The molecule has 5 nitrogen and oxygen atoms in total. The largest absolute Gasteiger partial charge is 0.497 e. The number of anilines is 1. The highest BCUT2D eigenvalue weighted by Crippen LogP contribution is 2.27. The van der Waals surface area contributed by atoms with Crippen molar-refractivity contribution in [3.8, 4) is 5.75 Å². The Labute approximate surface area is 153 Å². The maximum atomic E-state index is 6.29. The van der Waals surface area contributed by atoms with Crippen LogP contribution in [0.15, 0.2) is 36.5 Å². The molecule has 2 heterocycles. The van der Waals surface area contributed by atoms with Gasteiger partial charge in [0.25, 0.3) is 0 Å². The third-order valence-electron chi connectivity index (χ3n) is 4.56. The molecule has 3 rings (SSSR count). The standard InChI is InChI=1S/C19H23ClN4O/c1-5-13(2)16-11-21-24-18(10-17(20)22-19(16)24)23(3)12-14-6-8-15(25-4)9-7-14/h6-11,13H,5,12H2,1-4H3. The van der Waals surface area contributed by atoms with Crippen molar-refractivity contribution in [1.29, 1.82) is 0 Å². The molecule has 0 aliphatic carbocycles. The van der Waals surface area contributed by atoms with E-state index in [2.05, 4.69) is 41.0 Å². The summed E-state index contributed by atoms with van der Waals surface area (Å²) in [7, 11) is 3.70. The highest BCUT2D eigenvalue weighted by molar-refractivity contribution is 6.29. The minimum absolute atomic E-state index is 0.392. The number of ether oxygens (including phenoxy) is 1. The van der Waals surface area contributed by atoms with Crippen LogP contribution >= 0.6 is 11.6 Å². The van der Waals surface area contributed by atoms with Crippen molar-refractivity contribution < 1.29 is 4.74 Å². The lowest BCUT2D eigenvalue weighted by Crippen LogP contribution is -2.20. The van der Waals surface area contributed by atoms with Crippen LogP contribution in [0.25, 0.3) is 5.65 Å². The van der Waals surface area contributed by atoms with E-state index in [1.165, 1.54) is 5.56 Å². The van der Waals surface area contributed by atoms with Crippen molar-refractivity contribution >= 4 is 23.1 Å². The van der Waals surface area contributed by atoms with Crippen LogP contribution in [0.4, 0.5) is 5.82 Å². The molecule has 132 valence electrons. The van der Waals surface area contributed by atoms with Crippen molar-refractivity contribution in [2.45, 2.75) is 32.7 Å². The lowest BCUT2D eigenvalue weighted by Gasteiger charge is -2.20. The molecule has 0 fully saturated rings. The zero-order valence-electron chi connectivity index (χ0n) is 15.0. The first-order valence-electron chi connectivity index (χ1n) is 8.41. The van der Waals surface area contributed by atoms with E-state index in [0.29, 0.717) is 11.1 Å². The Hall–Kier alpha value is -2.27. The summed E-state index contributed by atoms with van der Waals surface area (Å²) in [5.41, 5.74) is 3.14. The molecule has 1 atom stereocenters. The van der Waals surface area contributed by atoms with Crippen LogP contribution in [0.2, 0.25) is 5.15 Å². The van der Waals surface area contributed by atoms with Crippen LogP contribution < -0.4 is 9.64 Å². The van der Waals surface area contributed by atoms with Gasteiger partial charge >= 0.3 is 0 Å². The van der Waals surface area contributed by atoms with Crippen LogP contribution in [0.5, 0.6) is 5.75 Å². The maximum Gasteiger partial charge on any atom is 0.162 e. The zero-order valence-corrected chi connectivity index (χ0v) is 15.8. The van der Waals surface area contributed by atoms with Gasteiger partial charge in [-0.2, -0.15) is 9.61 Å². The SMILES string of the molecule is CCC(C)c1cnn2c(N(C)Cc3ccc(OC)cc3)cc(Cl)nc12. The number of nitrogens with zero attached hydrogens (tertiary/aromatic N) is 4. The van der Waals surface area contributed by atoms with Crippen molar-refractivity contribution in [2.24, 2.45) is 0 Å². The van der Waals surface area contributed by atoms with Gasteiger partial charge in [-0.15, -0.1) is 0 Å². The second kappa shape index (κ2) is 7.31. The van der Waals surface area contributed by atoms with E-state index in [9.17, 15) is 0 Å². The van der Waals surface area contributed by atoms with Gasteiger partial charge in [-0.3, -0.25) is 0 Å². The molecule has 25 heavy (non-hydrogen) atoms. The molecule has 0 bridgehead atoms. The fraction of sp³-hybridized carbons (Fsp3) is 0.368. The van der Waals surface area contributed by atoms with Gasteiger partial charge in [-0.25, -0.2) is 4.98 Å². The molecule has 0 saturated heterocycles.